The van der Waals surface area contributed by atoms with Crippen LogP contribution in [0.4, 0.5) is 0 Å². The Bertz CT molecular complexity index is 324. The van der Waals surface area contributed by atoms with Crippen molar-refractivity contribution in [2.75, 3.05) is 6.61 Å². The van der Waals surface area contributed by atoms with E-state index in [4.69, 9.17) is 5.11 Å². The summed E-state index contributed by atoms with van der Waals surface area (Å²) in [7, 11) is 0. The molecule has 0 spiro atoms. The SMILES string of the molecule is CCC(C)(CCO)NC(=O)Cn1cccn1. The van der Waals surface area contributed by atoms with E-state index in [1.54, 1.807) is 23.1 Å². The van der Waals surface area contributed by atoms with Crippen molar-refractivity contribution in [1.29, 1.82) is 0 Å². The van der Waals surface area contributed by atoms with Crippen molar-refractivity contribution in [2.24, 2.45) is 0 Å². The Kier molecular flexibility index (Phi) is 4.49. The smallest absolute Gasteiger partial charge is 0.242 e. The summed E-state index contributed by atoms with van der Waals surface area (Å²) >= 11 is 0. The quantitative estimate of drug-likeness (QED) is 0.743. The minimum absolute atomic E-state index is 0.0758. The van der Waals surface area contributed by atoms with Gasteiger partial charge in [-0.05, 0) is 25.8 Å². The van der Waals surface area contributed by atoms with Crippen molar-refractivity contribution >= 4 is 5.91 Å². The standard InChI is InChI=1S/C11H19N3O2/c1-3-11(2,5-8-15)13-10(16)9-14-7-4-6-12-14/h4,6-7,15H,3,5,8-9H2,1-2H3,(H,13,16). The van der Waals surface area contributed by atoms with E-state index in [2.05, 4.69) is 10.4 Å². The minimum Gasteiger partial charge on any atom is -0.396 e. The van der Waals surface area contributed by atoms with E-state index < -0.39 is 0 Å². The molecule has 0 aliphatic carbocycles. The molecule has 0 aromatic carbocycles. The van der Waals surface area contributed by atoms with Crippen LogP contribution in [0.3, 0.4) is 0 Å². The molecule has 16 heavy (non-hydrogen) atoms. The molecular formula is C11H19N3O2. The van der Waals surface area contributed by atoms with Gasteiger partial charge in [0.2, 0.25) is 5.91 Å². The molecule has 1 unspecified atom stereocenters. The molecular weight excluding hydrogens is 206 g/mol. The Morgan fingerprint density at radius 2 is 2.38 bits per heavy atom. The highest BCUT2D eigenvalue weighted by atomic mass is 16.3. The van der Waals surface area contributed by atoms with Gasteiger partial charge in [0, 0.05) is 24.5 Å². The van der Waals surface area contributed by atoms with Gasteiger partial charge in [0.1, 0.15) is 6.54 Å². The highest BCUT2D eigenvalue weighted by Gasteiger charge is 2.23. The van der Waals surface area contributed by atoms with E-state index >= 15 is 0 Å². The predicted molar refractivity (Wildman–Crippen MR) is 60.8 cm³/mol. The van der Waals surface area contributed by atoms with Crippen LogP contribution in [0.1, 0.15) is 26.7 Å². The van der Waals surface area contributed by atoms with Gasteiger partial charge in [-0.2, -0.15) is 5.10 Å². The summed E-state index contributed by atoms with van der Waals surface area (Å²) in [5.41, 5.74) is -0.334. The van der Waals surface area contributed by atoms with Gasteiger partial charge in [-0.15, -0.1) is 0 Å². The molecule has 1 aromatic heterocycles. The van der Waals surface area contributed by atoms with Gasteiger partial charge >= 0.3 is 0 Å². The van der Waals surface area contributed by atoms with Crippen LogP contribution in [0.2, 0.25) is 0 Å². The van der Waals surface area contributed by atoms with Gasteiger partial charge in [0.05, 0.1) is 0 Å². The zero-order chi connectivity index (χ0) is 12.0. The molecule has 1 heterocycles. The maximum absolute atomic E-state index is 11.7. The summed E-state index contributed by atoms with van der Waals surface area (Å²) < 4.78 is 1.57. The first-order chi connectivity index (χ1) is 7.59. The molecule has 0 saturated heterocycles. The van der Waals surface area contributed by atoms with E-state index in [1.165, 1.54) is 0 Å². The largest absolute Gasteiger partial charge is 0.396 e. The number of aliphatic hydroxyl groups excluding tert-OH is 1. The molecule has 1 rings (SSSR count). The summed E-state index contributed by atoms with van der Waals surface area (Å²) in [4.78, 5) is 11.7. The third kappa shape index (κ3) is 3.66. The molecule has 5 heteroatoms. The Balaban J connectivity index is 2.49. The molecule has 5 nitrogen and oxygen atoms in total. The minimum atomic E-state index is -0.334. The second-order valence-electron chi connectivity index (χ2n) is 4.14. The first-order valence-electron chi connectivity index (χ1n) is 5.49. The molecule has 1 atom stereocenters. The average Bonchev–Trinajstić information content (AvgIpc) is 2.70. The predicted octanol–water partition coefficient (Wildman–Crippen LogP) is 0.550. The monoisotopic (exact) mass is 225 g/mol. The number of carbonyl (C=O) groups excluding carboxylic acids is 1. The molecule has 0 fully saturated rings. The van der Waals surface area contributed by atoms with Crippen LogP contribution >= 0.6 is 0 Å². The van der Waals surface area contributed by atoms with Gasteiger partial charge in [-0.3, -0.25) is 9.48 Å². The Morgan fingerprint density at radius 1 is 1.62 bits per heavy atom. The van der Waals surface area contributed by atoms with Gasteiger partial charge in [0.15, 0.2) is 0 Å². The summed E-state index contributed by atoms with van der Waals surface area (Å²) in [5, 5.41) is 15.8. The molecule has 1 aromatic rings. The van der Waals surface area contributed by atoms with Crippen LogP contribution < -0.4 is 5.32 Å². The number of hydrogen-bond donors (Lipinski definition) is 2. The molecule has 0 aliphatic heterocycles. The Labute approximate surface area is 95.5 Å². The van der Waals surface area contributed by atoms with Crippen molar-refractivity contribution in [3.05, 3.63) is 18.5 Å². The highest BCUT2D eigenvalue weighted by Crippen LogP contribution is 2.13. The maximum Gasteiger partial charge on any atom is 0.242 e. The van der Waals surface area contributed by atoms with E-state index in [0.29, 0.717) is 6.42 Å². The topological polar surface area (TPSA) is 67.2 Å². The second kappa shape index (κ2) is 5.65. The molecule has 2 N–H and O–H groups in total. The van der Waals surface area contributed by atoms with Crippen LogP contribution in [0.5, 0.6) is 0 Å². The van der Waals surface area contributed by atoms with Gasteiger partial charge < -0.3 is 10.4 Å². The first-order valence-corrected chi connectivity index (χ1v) is 5.49. The number of nitrogens with one attached hydrogen (secondary N) is 1. The Hall–Kier alpha value is -1.36. The summed E-state index contributed by atoms with van der Waals surface area (Å²) in [6.45, 7) is 4.22. The summed E-state index contributed by atoms with van der Waals surface area (Å²) in [5.74, 6) is -0.0819. The van der Waals surface area contributed by atoms with Crippen LogP contribution in [-0.2, 0) is 11.3 Å². The molecule has 0 aliphatic rings. The van der Waals surface area contributed by atoms with Crippen molar-refractivity contribution in [3.8, 4) is 0 Å². The van der Waals surface area contributed by atoms with E-state index in [-0.39, 0.29) is 24.6 Å². The lowest BCUT2D eigenvalue weighted by Crippen LogP contribution is -2.47. The first kappa shape index (κ1) is 12.7. The molecule has 0 bridgehead atoms. The fourth-order valence-electron chi connectivity index (χ4n) is 1.49. The van der Waals surface area contributed by atoms with Crippen molar-refractivity contribution in [2.45, 2.75) is 38.8 Å². The summed E-state index contributed by atoms with van der Waals surface area (Å²) in [6.07, 6.45) is 4.74. The zero-order valence-electron chi connectivity index (χ0n) is 9.81. The lowest BCUT2D eigenvalue weighted by molar-refractivity contribution is -0.123. The van der Waals surface area contributed by atoms with E-state index in [1.807, 2.05) is 13.8 Å². The van der Waals surface area contributed by atoms with Crippen LogP contribution in [0, 0.1) is 0 Å². The number of amides is 1. The van der Waals surface area contributed by atoms with Crippen LogP contribution in [-0.4, -0.2) is 32.9 Å². The number of aliphatic hydroxyl groups is 1. The van der Waals surface area contributed by atoms with Gasteiger partial charge in [-0.25, -0.2) is 0 Å². The lowest BCUT2D eigenvalue weighted by atomic mass is 9.95. The molecule has 1 amide bonds. The fourth-order valence-corrected chi connectivity index (χ4v) is 1.49. The fraction of sp³-hybridized carbons (Fsp3) is 0.636. The third-order valence-corrected chi connectivity index (χ3v) is 2.75. The van der Waals surface area contributed by atoms with Crippen LogP contribution in [0.15, 0.2) is 18.5 Å². The van der Waals surface area contributed by atoms with Gasteiger partial charge in [0.25, 0.3) is 0 Å². The zero-order valence-corrected chi connectivity index (χ0v) is 9.81. The lowest BCUT2D eigenvalue weighted by Gasteiger charge is -2.28. The normalized spacial score (nSPS) is 14.4. The van der Waals surface area contributed by atoms with Crippen LogP contribution in [0.25, 0.3) is 0 Å². The van der Waals surface area contributed by atoms with E-state index in [0.717, 1.165) is 6.42 Å². The van der Waals surface area contributed by atoms with Crippen molar-refractivity contribution in [1.82, 2.24) is 15.1 Å². The maximum atomic E-state index is 11.7. The number of aromatic nitrogens is 2. The highest BCUT2D eigenvalue weighted by molar-refractivity contribution is 5.76. The van der Waals surface area contributed by atoms with Crippen molar-refractivity contribution < 1.29 is 9.90 Å². The third-order valence-electron chi connectivity index (χ3n) is 2.75. The summed E-state index contributed by atoms with van der Waals surface area (Å²) in [6, 6.07) is 1.78. The average molecular weight is 225 g/mol. The number of hydrogen-bond acceptors (Lipinski definition) is 3. The Morgan fingerprint density at radius 3 is 2.88 bits per heavy atom. The van der Waals surface area contributed by atoms with Gasteiger partial charge in [-0.1, -0.05) is 6.92 Å². The second-order valence-corrected chi connectivity index (χ2v) is 4.14. The van der Waals surface area contributed by atoms with E-state index in [9.17, 15) is 4.79 Å². The molecule has 90 valence electrons. The number of rotatable bonds is 6. The van der Waals surface area contributed by atoms with Crippen molar-refractivity contribution in [3.63, 3.8) is 0 Å². The number of carbonyl (C=O) groups is 1. The molecule has 0 radical (unpaired) electrons. The number of nitrogens with zero attached hydrogens (tertiary/aromatic N) is 2. The molecule has 0 saturated carbocycles.